The molecule has 2 N–H and O–H groups in total. The molecule has 0 saturated carbocycles. The van der Waals surface area contributed by atoms with Gasteiger partial charge in [-0.25, -0.2) is 4.79 Å². The molecule has 0 saturated heterocycles. The molecule has 0 fully saturated rings. The summed E-state index contributed by atoms with van der Waals surface area (Å²) in [7, 11) is 1.58. The minimum atomic E-state index is -0.961. The van der Waals surface area contributed by atoms with E-state index in [1.165, 1.54) is 0 Å². The fourth-order valence-electron chi connectivity index (χ4n) is 4.28. The summed E-state index contributed by atoms with van der Waals surface area (Å²) in [6.07, 6.45) is 0.747. The summed E-state index contributed by atoms with van der Waals surface area (Å²) in [6, 6.07) is 12.9. The van der Waals surface area contributed by atoms with E-state index in [9.17, 15) is 14.4 Å². The van der Waals surface area contributed by atoms with Crippen LogP contribution in [0.25, 0.3) is 0 Å². The van der Waals surface area contributed by atoms with Crippen LogP contribution in [0.15, 0.2) is 48.5 Å². The summed E-state index contributed by atoms with van der Waals surface area (Å²) >= 11 is 0. The number of amides is 3. The van der Waals surface area contributed by atoms with Gasteiger partial charge in [0.2, 0.25) is 5.91 Å². The van der Waals surface area contributed by atoms with Gasteiger partial charge in [-0.2, -0.15) is 0 Å². The molecule has 0 radical (unpaired) electrons. The van der Waals surface area contributed by atoms with Crippen LogP contribution in [0.5, 0.6) is 5.75 Å². The van der Waals surface area contributed by atoms with Crippen molar-refractivity contribution in [1.29, 1.82) is 0 Å². The van der Waals surface area contributed by atoms with Crippen LogP contribution in [0.2, 0.25) is 0 Å². The molecule has 0 aromatic heterocycles. The number of carbonyl (C=O) groups excluding carboxylic acids is 3. The fourth-order valence-corrected chi connectivity index (χ4v) is 4.28. The molecule has 0 aliphatic carbocycles. The summed E-state index contributed by atoms with van der Waals surface area (Å²) in [5.74, 6) is -0.309. The molecule has 2 aromatic carbocycles. The number of carbonyl (C=O) groups is 3. The highest BCUT2D eigenvalue weighted by atomic mass is 16.6. The van der Waals surface area contributed by atoms with Gasteiger partial charge in [-0.1, -0.05) is 52.0 Å². The van der Waals surface area contributed by atoms with Gasteiger partial charge in [-0.05, 0) is 88.8 Å². The first-order valence-electron chi connectivity index (χ1n) is 14.0. The molecule has 40 heavy (non-hydrogen) atoms. The Morgan fingerprint density at radius 3 is 1.93 bits per heavy atom. The number of rotatable bonds is 11. The summed E-state index contributed by atoms with van der Waals surface area (Å²) in [5.41, 5.74) is 0.925. The molecule has 0 aliphatic rings. The highest BCUT2D eigenvalue weighted by molar-refractivity contribution is 5.99. The molecule has 0 aliphatic heterocycles. The van der Waals surface area contributed by atoms with E-state index in [0.29, 0.717) is 23.4 Å². The van der Waals surface area contributed by atoms with Crippen LogP contribution in [0.3, 0.4) is 0 Å². The molecule has 2 atom stereocenters. The molecule has 2 unspecified atom stereocenters. The van der Waals surface area contributed by atoms with Crippen LogP contribution in [0, 0.1) is 5.92 Å². The van der Waals surface area contributed by atoms with Crippen molar-refractivity contribution in [2.45, 2.75) is 98.4 Å². The third kappa shape index (κ3) is 8.73. The lowest BCUT2D eigenvalue weighted by atomic mass is 9.90. The Kier molecular flexibility index (Phi) is 11.2. The van der Waals surface area contributed by atoms with Crippen LogP contribution in [0.1, 0.15) is 85.9 Å². The van der Waals surface area contributed by atoms with Crippen molar-refractivity contribution < 1.29 is 23.9 Å². The van der Waals surface area contributed by atoms with E-state index in [-0.39, 0.29) is 17.7 Å². The molecular formula is C32H47N3O5. The molecule has 2 rings (SSSR count). The smallest absolute Gasteiger partial charge is 0.408 e. The molecule has 3 amide bonds. The maximum Gasteiger partial charge on any atom is 0.408 e. The summed E-state index contributed by atoms with van der Waals surface area (Å²) in [4.78, 5) is 42.9. The first kappa shape index (κ1) is 32.7. The lowest BCUT2D eigenvalue weighted by Crippen LogP contribution is -2.60. The van der Waals surface area contributed by atoms with Crippen molar-refractivity contribution in [2.24, 2.45) is 5.92 Å². The first-order chi connectivity index (χ1) is 18.6. The number of hydrogen-bond donors (Lipinski definition) is 2. The van der Waals surface area contributed by atoms with Crippen molar-refractivity contribution in [2.75, 3.05) is 12.4 Å². The molecule has 0 spiro atoms. The quantitative estimate of drug-likeness (QED) is 0.331. The highest BCUT2D eigenvalue weighted by Gasteiger charge is 2.44. The largest absolute Gasteiger partial charge is 0.497 e. The number of ether oxygens (including phenoxy) is 2. The predicted molar refractivity (Wildman–Crippen MR) is 159 cm³/mol. The van der Waals surface area contributed by atoms with Crippen molar-refractivity contribution >= 4 is 23.6 Å². The van der Waals surface area contributed by atoms with Gasteiger partial charge in [0, 0.05) is 11.2 Å². The predicted octanol–water partition coefficient (Wildman–Crippen LogP) is 6.50. The topological polar surface area (TPSA) is 97.0 Å². The van der Waals surface area contributed by atoms with Crippen LogP contribution in [-0.4, -0.2) is 47.1 Å². The molecule has 0 bridgehead atoms. The standard InChI is InChI=1S/C32H47N3O5/c1-11-22-13-15-23(16-14-22)27(28(36)33-24-17-19-25(39-10)20-18-24)35(32(8,9)12-2)29(37)26(21(3)4)34-30(38)40-31(5,6)7/h13-21,26-27H,11-12H2,1-10H3,(H,33,36)(H,34,38). The SMILES string of the molecule is CCc1ccc(C(C(=O)Nc2ccc(OC)cc2)N(C(=O)C(NC(=O)OC(C)(C)C)C(C)C)C(C)(C)CC)cc1. The Labute approximate surface area is 239 Å². The minimum absolute atomic E-state index is 0.261. The number of nitrogens with one attached hydrogen (secondary N) is 2. The van der Waals surface area contributed by atoms with Gasteiger partial charge in [0.05, 0.1) is 7.11 Å². The zero-order valence-electron chi connectivity index (χ0n) is 25.8. The average Bonchev–Trinajstić information content (AvgIpc) is 2.89. The number of hydrogen-bond acceptors (Lipinski definition) is 5. The van der Waals surface area contributed by atoms with E-state index in [1.54, 1.807) is 57.0 Å². The van der Waals surface area contributed by atoms with Crippen LogP contribution in [0.4, 0.5) is 10.5 Å². The highest BCUT2D eigenvalue weighted by Crippen LogP contribution is 2.34. The maximum absolute atomic E-state index is 14.4. The molecule has 220 valence electrons. The van der Waals surface area contributed by atoms with Gasteiger partial charge in [0.1, 0.15) is 23.4 Å². The fraction of sp³-hybridized carbons (Fsp3) is 0.531. The second kappa shape index (κ2) is 13.7. The van der Waals surface area contributed by atoms with Gasteiger partial charge in [-0.15, -0.1) is 0 Å². The molecule has 2 aromatic rings. The number of aryl methyl sites for hydroxylation is 1. The van der Waals surface area contributed by atoms with E-state index < -0.39 is 29.3 Å². The van der Waals surface area contributed by atoms with Gasteiger partial charge < -0.3 is 25.0 Å². The lowest BCUT2D eigenvalue weighted by molar-refractivity contribution is -0.148. The minimum Gasteiger partial charge on any atom is -0.497 e. The van der Waals surface area contributed by atoms with E-state index >= 15 is 0 Å². The van der Waals surface area contributed by atoms with E-state index in [0.717, 1.165) is 12.0 Å². The number of nitrogens with zero attached hydrogens (tertiary/aromatic N) is 1. The van der Waals surface area contributed by atoms with E-state index in [1.807, 2.05) is 58.9 Å². The van der Waals surface area contributed by atoms with Crippen molar-refractivity contribution in [3.05, 3.63) is 59.7 Å². The Balaban J connectivity index is 2.62. The number of anilines is 1. The van der Waals surface area contributed by atoms with Crippen LogP contribution in [-0.2, 0) is 20.7 Å². The first-order valence-corrected chi connectivity index (χ1v) is 14.0. The molecular weight excluding hydrogens is 506 g/mol. The van der Waals surface area contributed by atoms with Crippen molar-refractivity contribution in [3.8, 4) is 5.75 Å². The number of methoxy groups -OCH3 is 1. The zero-order chi connectivity index (χ0) is 30.3. The third-order valence-corrected chi connectivity index (χ3v) is 6.93. The van der Waals surface area contributed by atoms with Crippen molar-refractivity contribution in [1.82, 2.24) is 10.2 Å². The van der Waals surface area contributed by atoms with Gasteiger partial charge in [0.15, 0.2) is 0 Å². The lowest BCUT2D eigenvalue weighted by Gasteiger charge is -2.45. The molecule has 0 heterocycles. The zero-order valence-corrected chi connectivity index (χ0v) is 25.8. The maximum atomic E-state index is 14.4. The van der Waals surface area contributed by atoms with Gasteiger partial charge in [0.25, 0.3) is 5.91 Å². The number of benzene rings is 2. The van der Waals surface area contributed by atoms with Crippen LogP contribution >= 0.6 is 0 Å². The summed E-state index contributed by atoms with van der Waals surface area (Å²) in [5, 5.41) is 5.77. The second-order valence-corrected chi connectivity index (χ2v) is 12.0. The van der Waals surface area contributed by atoms with Crippen molar-refractivity contribution in [3.63, 3.8) is 0 Å². The third-order valence-electron chi connectivity index (χ3n) is 6.93. The monoisotopic (exact) mass is 553 g/mol. The van der Waals surface area contributed by atoms with Crippen LogP contribution < -0.4 is 15.4 Å². The Morgan fingerprint density at radius 1 is 0.900 bits per heavy atom. The number of alkyl carbamates (subject to hydrolysis) is 1. The second-order valence-electron chi connectivity index (χ2n) is 12.0. The Bertz CT molecular complexity index is 1130. The average molecular weight is 554 g/mol. The molecule has 8 heteroatoms. The van der Waals surface area contributed by atoms with E-state index in [2.05, 4.69) is 17.6 Å². The van der Waals surface area contributed by atoms with Gasteiger partial charge >= 0.3 is 6.09 Å². The summed E-state index contributed by atoms with van der Waals surface area (Å²) < 4.78 is 10.7. The summed E-state index contributed by atoms with van der Waals surface area (Å²) in [6.45, 7) is 16.9. The van der Waals surface area contributed by atoms with Gasteiger partial charge in [-0.3, -0.25) is 9.59 Å². The Morgan fingerprint density at radius 2 is 1.48 bits per heavy atom. The van der Waals surface area contributed by atoms with E-state index in [4.69, 9.17) is 9.47 Å². The normalized spacial score (nSPS) is 13.3. The Hall–Kier alpha value is -3.55. The molecule has 8 nitrogen and oxygen atoms in total.